The van der Waals surface area contributed by atoms with Crippen LogP contribution in [0.1, 0.15) is 18.4 Å². The molecular weight excluding hydrogens is 339 g/mol. The topological polar surface area (TPSA) is 50.8 Å². The predicted octanol–water partition coefficient (Wildman–Crippen LogP) is 2.50. The Hall–Kier alpha value is -1.01. The number of benzene rings is 1. The third-order valence-corrected chi connectivity index (χ3v) is 4.42. The fraction of sp³-hybridized carbons (Fsp3) is 0.562. The van der Waals surface area contributed by atoms with Gasteiger partial charge in [0.15, 0.2) is 0 Å². The zero-order valence-electron chi connectivity index (χ0n) is 13.7. The summed E-state index contributed by atoms with van der Waals surface area (Å²) >= 11 is 6.05. The molecule has 5 nitrogen and oxygen atoms in total. The number of methoxy groups -OCH3 is 2. The first-order chi connectivity index (χ1) is 10.5. The highest BCUT2D eigenvalue weighted by atomic mass is 35.5. The molecule has 0 atom stereocenters. The first-order valence-electron chi connectivity index (χ1n) is 7.36. The number of carbonyl (C=O) groups is 1. The summed E-state index contributed by atoms with van der Waals surface area (Å²) in [6, 6.07) is 5.41. The summed E-state index contributed by atoms with van der Waals surface area (Å²) in [6.07, 6.45) is 1.36. The van der Waals surface area contributed by atoms with Crippen LogP contribution in [0.15, 0.2) is 18.2 Å². The van der Waals surface area contributed by atoms with E-state index < -0.39 is 5.60 Å². The zero-order chi connectivity index (χ0) is 16.2. The van der Waals surface area contributed by atoms with Gasteiger partial charge in [-0.25, -0.2) is 0 Å². The lowest BCUT2D eigenvalue weighted by atomic mass is 9.90. The van der Waals surface area contributed by atoms with Gasteiger partial charge in [-0.2, -0.15) is 0 Å². The minimum Gasteiger partial charge on any atom is -0.496 e. The van der Waals surface area contributed by atoms with Crippen LogP contribution in [-0.2, 0) is 16.1 Å². The highest BCUT2D eigenvalue weighted by molar-refractivity contribution is 6.30. The van der Waals surface area contributed by atoms with E-state index in [9.17, 15) is 4.79 Å². The number of amides is 1. The average molecular weight is 363 g/mol. The normalized spacial score (nSPS) is 16.3. The molecule has 0 unspecified atom stereocenters. The Balaban J connectivity index is 0.00000264. The number of nitrogens with one attached hydrogen (secondary N) is 1. The molecule has 0 aromatic heterocycles. The lowest BCUT2D eigenvalue weighted by Gasteiger charge is -2.37. The first kappa shape index (κ1) is 20.0. The second-order valence-corrected chi connectivity index (χ2v) is 6.00. The van der Waals surface area contributed by atoms with E-state index in [0.717, 1.165) is 24.4 Å². The lowest BCUT2D eigenvalue weighted by Crippen LogP contribution is -2.54. The van der Waals surface area contributed by atoms with Crippen LogP contribution in [-0.4, -0.2) is 50.8 Å². The largest absolute Gasteiger partial charge is 0.496 e. The van der Waals surface area contributed by atoms with Crippen LogP contribution in [0.2, 0.25) is 5.02 Å². The third kappa shape index (κ3) is 4.51. The average Bonchev–Trinajstić information content (AvgIpc) is 2.55. The number of carbonyl (C=O) groups excluding carboxylic acids is 1. The monoisotopic (exact) mass is 362 g/mol. The van der Waals surface area contributed by atoms with Crippen LogP contribution < -0.4 is 10.1 Å². The molecule has 1 fully saturated rings. The van der Waals surface area contributed by atoms with Gasteiger partial charge in [-0.1, -0.05) is 11.6 Å². The van der Waals surface area contributed by atoms with E-state index in [0.29, 0.717) is 24.4 Å². The molecule has 0 aliphatic carbocycles. The molecule has 2 rings (SSSR count). The minimum atomic E-state index is -0.730. The van der Waals surface area contributed by atoms with Gasteiger partial charge in [-0.05, 0) is 44.1 Å². The van der Waals surface area contributed by atoms with Crippen LogP contribution >= 0.6 is 24.0 Å². The van der Waals surface area contributed by atoms with Crippen LogP contribution in [0.5, 0.6) is 5.75 Å². The van der Waals surface area contributed by atoms with Gasteiger partial charge in [-0.3, -0.25) is 4.79 Å². The summed E-state index contributed by atoms with van der Waals surface area (Å²) in [5.41, 5.74) is 0.150. The maximum atomic E-state index is 12.8. The van der Waals surface area contributed by atoms with Gasteiger partial charge in [0.2, 0.25) is 0 Å². The summed E-state index contributed by atoms with van der Waals surface area (Å²) < 4.78 is 10.9. The van der Waals surface area contributed by atoms with Crippen molar-refractivity contribution in [3.8, 4) is 5.75 Å². The molecule has 130 valence electrons. The Morgan fingerprint density at radius 1 is 1.35 bits per heavy atom. The van der Waals surface area contributed by atoms with E-state index in [1.807, 2.05) is 12.1 Å². The van der Waals surface area contributed by atoms with Crippen molar-refractivity contribution in [3.63, 3.8) is 0 Å². The van der Waals surface area contributed by atoms with E-state index >= 15 is 0 Å². The van der Waals surface area contributed by atoms with Crippen molar-refractivity contribution in [1.29, 1.82) is 0 Å². The summed E-state index contributed by atoms with van der Waals surface area (Å²) in [6.45, 7) is 2.00. The lowest BCUT2D eigenvalue weighted by molar-refractivity contribution is -0.157. The first-order valence-corrected chi connectivity index (χ1v) is 7.74. The van der Waals surface area contributed by atoms with Gasteiger partial charge in [0.1, 0.15) is 11.4 Å². The third-order valence-electron chi connectivity index (χ3n) is 4.19. The zero-order valence-corrected chi connectivity index (χ0v) is 15.3. The van der Waals surface area contributed by atoms with Gasteiger partial charge in [0, 0.05) is 31.3 Å². The number of hydrogen-bond acceptors (Lipinski definition) is 4. The molecule has 1 aliphatic heterocycles. The SMILES string of the molecule is COc1ccc(Cl)cc1CN(C)C(=O)C1(OC)CCNCC1.Cl. The summed E-state index contributed by atoms with van der Waals surface area (Å²) in [5, 5.41) is 3.88. The molecule has 1 heterocycles. The van der Waals surface area contributed by atoms with Crippen molar-refractivity contribution >= 4 is 29.9 Å². The number of rotatable bonds is 5. The predicted molar refractivity (Wildman–Crippen MR) is 93.6 cm³/mol. The van der Waals surface area contributed by atoms with Gasteiger partial charge < -0.3 is 19.7 Å². The molecule has 23 heavy (non-hydrogen) atoms. The Bertz CT molecular complexity index is 534. The molecule has 1 N–H and O–H groups in total. The van der Waals surface area contributed by atoms with E-state index in [1.165, 1.54) is 0 Å². The van der Waals surface area contributed by atoms with Gasteiger partial charge >= 0.3 is 0 Å². The highest BCUT2D eigenvalue weighted by Gasteiger charge is 2.41. The van der Waals surface area contributed by atoms with Crippen LogP contribution in [0, 0.1) is 0 Å². The van der Waals surface area contributed by atoms with E-state index in [1.54, 1.807) is 32.2 Å². The molecule has 1 aromatic rings. The fourth-order valence-electron chi connectivity index (χ4n) is 2.88. The van der Waals surface area contributed by atoms with E-state index in [2.05, 4.69) is 5.32 Å². The number of likely N-dealkylation sites (N-methyl/N-ethyl adjacent to an activating group) is 1. The molecule has 0 spiro atoms. The smallest absolute Gasteiger partial charge is 0.254 e. The Morgan fingerprint density at radius 3 is 2.57 bits per heavy atom. The number of halogens is 2. The second kappa shape index (κ2) is 8.73. The highest BCUT2D eigenvalue weighted by Crippen LogP contribution is 2.28. The molecule has 1 aliphatic rings. The number of hydrogen-bond donors (Lipinski definition) is 1. The van der Waals surface area contributed by atoms with Gasteiger partial charge in [0.05, 0.1) is 7.11 Å². The molecular formula is C16H24Cl2N2O3. The Morgan fingerprint density at radius 2 is 2.00 bits per heavy atom. The molecule has 0 bridgehead atoms. The standard InChI is InChI=1S/C16H23ClN2O3.ClH/c1-19(11-12-10-13(17)4-5-14(12)21-2)15(20)16(22-3)6-8-18-9-7-16;/h4-5,10,18H,6-9,11H2,1-3H3;1H. The molecule has 7 heteroatoms. The Labute approximate surface area is 148 Å². The summed E-state index contributed by atoms with van der Waals surface area (Å²) in [7, 11) is 5.00. The minimum absolute atomic E-state index is 0. The maximum Gasteiger partial charge on any atom is 0.254 e. The number of nitrogens with zero attached hydrogens (tertiary/aromatic N) is 1. The maximum absolute atomic E-state index is 12.8. The number of piperidine rings is 1. The van der Waals surface area contributed by atoms with Crippen molar-refractivity contribution in [2.24, 2.45) is 0 Å². The fourth-order valence-corrected chi connectivity index (χ4v) is 3.08. The molecule has 1 amide bonds. The van der Waals surface area contributed by atoms with Crippen molar-refractivity contribution in [2.75, 3.05) is 34.4 Å². The molecule has 0 saturated carbocycles. The molecule has 0 radical (unpaired) electrons. The second-order valence-electron chi connectivity index (χ2n) is 5.57. The van der Waals surface area contributed by atoms with Crippen molar-refractivity contribution < 1.29 is 14.3 Å². The quantitative estimate of drug-likeness (QED) is 0.874. The van der Waals surface area contributed by atoms with Crippen LogP contribution in [0.3, 0.4) is 0 Å². The van der Waals surface area contributed by atoms with E-state index in [-0.39, 0.29) is 18.3 Å². The molecule has 1 saturated heterocycles. The van der Waals surface area contributed by atoms with Crippen LogP contribution in [0.4, 0.5) is 0 Å². The summed E-state index contributed by atoms with van der Waals surface area (Å²) in [5.74, 6) is 0.722. The van der Waals surface area contributed by atoms with Crippen molar-refractivity contribution in [2.45, 2.75) is 25.0 Å². The van der Waals surface area contributed by atoms with Gasteiger partial charge in [-0.15, -0.1) is 12.4 Å². The molecule has 1 aromatic carbocycles. The van der Waals surface area contributed by atoms with Gasteiger partial charge in [0.25, 0.3) is 5.91 Å². The van der Waals surface area contributed by atoms with Crippen LogP contribution in [0.25, 0.3) is 0 Å². The summed E-state index contributed by atoms with van der Waals surface area (Å²) in [4.78, 5) is 14.5. The number of ether oxygens (including phenoxy) is 2. The van der Waals surface area contributed by atoms with Crippen molar-refractivity contribution in [1.82, 2.24) is 10.2 Å². The van der Waals surface area contributed by atoms with Crippen molar-refractivity contribution in [3.05, 3.63) is 28.8 Å². The Kier molecular flexibility index (Phi) is 7.61. The van der Waals surface area contributed by atoms with E-state index in [4.69, 9.17) is 21.1 Å².